The predicted molar refractivity (Wildman–Crippen MR) is 114 cm³/mol. The zero-order valence-corrected chi connectivity index (χ0v) is 17.7. The van der Waals surface area contributed by atoms with Crippen LogP contribution in [0.25, 0.3) is 10.2 Å². The van der Waals surface area contributed by atoms with Crippen molar-refractivity contribution in [2.45, 2.75) is 39.2 Å². The van der Waals surface area contributed by atoms with Crippen molar-refractivity contribution in [1.82, 2.24) is 15.3 Å². The van der Waals surface area contributed by atoms with E-state index in [1.165, 1.54) is 18.4 Å². The molecule has 0 spiro atoms. The SMILES string of the molecule is CC[C@@](C)(NC(=O)c1sc2nc(Cc3ccccc3)nc(N)c2c1C)C(=O)OC. The lowest BCUT2D eigenvalue weighted by Gasteiger charge is -2.26. The lowest BCUT2D eigenvalue weighted by molar-refractivity contribution is -0.147. The number of aryl methyl sites for hydroxylation is 1. The number of nitrogen functional groups attached to an aromatic ring is 1. The molecule has 3 aromatic rings. The second kappa shape index (κ2) is 8.16. The highest BCUT2D eigenvalue weighted by Crippen LogP contribution is 2.33. The summed E-state index contributed by atoms with van der Waals surface area (Å²) < 4.78 is 4.83. The van der Waals surface area contributed by atoms with E-state index < -0.39 is 11.5 Å². The largest absolute Gasteiger partial charge is 0.467 e. The van der Waals surface area contributed by atoms with Crippen LogP contribution in [0.4, 0.5) is 5.82 Å². The third-order valence-corrected chi connectivity index (χ3v) is 6.19. The van der Waals surface area contributed by atoms with Crippen LogP contribution in [0.2, 0.25) is 0 Å². The average Bonchev–Trinajstić information content (AvgIpc) is 3.04. The lowest BCUT2D eigenvalue weighted by Crippen LogP contribution is -2.52. The van der Waals surface area contributed by atoms with Gasteiger partial charge in [-0.3, -0.25) is 4.79 Å². The molecule has 2 aromatic heterocycles. The van der Waals surface area contributed by atoms with Crippen molar-refractivity contribution >= 4 is 39.2 Å². The van der Waals surface area contributed by atoms with Gasteiger partial charge in [0.25, 0.3) is 5.91 Å². The number of carbonyl (C=O) groups excluding carboxylic acids is 2. The highest BCUT2D eigenvalue weighted by molar-refractivity contribution is 7.20. The van der Waals surface area contributed by atoms with Gasteiger partial charge < -0.3 is 15.8 Å². The van der Waals surface area contributed by atoms with Crippen LogP contribution in [0.1, 0.15) is 46.9 Å². The van der Waals surface area contributed by atoms with Gasteiger partial charge in [-0.25, -0.2) is 14.8 Å². The van der Waals surface area contributed by atoms with Gasteiger partial charge in [-0.1, -0.05) is 37.3 Å². The van der Waals surface area contributed by atoms with E-state index in [9.17, 15) is 9.59 Å². The van der Waals surface area contributed by atoms with Gasteiger partial charge in [0, 0.05) is 6.42 Å². The van der Waals surface area contributed by atoms with Crippen LogP contribution in [-0.4, -0.2) is 34.5 Å². The van der Waals surface area contributed by atoms with E-state index in [4.69, 9.17) is 10.5 Å². The fraction of sp³-hybridized carbons (Fsp3) is 0.333. The molecule has 0 radical (unpaired) electrons. The number of esters is 1. The number of methoxy groups -OCH3 is 1. The summed E-state index contributed by atoms with van der Waals surface area (Å²) in [4.78, 5) is 35.2. The number of amides is 1. The Morgan fingerprint density at radius 1 is 1.24 bits per heavy atom. The third kappa shape index (κ3) is 4.07. The predicted octanol–water partition coefficient (Wildman–Crippen LogP) is 3.24. The Bertz CT molecular complexity index is 1060. The van der Waals surface area contributed by atoms with Crippen molar-refractivity contribution in [2.75, 3.05) is 12.8 Å². The first kappa shape index (κ1) is 20.7. The number of nitrogens with two attached hydrogens (primary N) is 1. The summed E-state index contributed by atoms with van der Waals surface area (Å²) >= 11 is 1.25. The number of nitrogens with zero attached hydrogens (tertiary/aromatic N) is 2. The van der Waals surface area contributed by atoms with Crippen molar-refractivity contribution in [3.8, 4) is 0 Å². The van der Waals surface area contributed by atoms with E-state index in [-0.39, 0.29) is 5.91 Å². The molecule has 0 aliphatic rings. The molecule has 3 rings (SSSR count). The van der Waals surface area contributed by atoms with Gasteiger partial charge in [0.2, 0.25) is 0 Å². The fourth-order valence-corrected chi connectivity index (χ4v) is 4.21. The molecule has 1 atom stereocenters. The quantitative estimate of drug-likeness (QED) is 0.602. The van der Waals surface area contributed by atoms with Crippen LogP contribution >= 0.6 is 11.3 Å². The number of hydrogen-bond acceptors (Lipinski definition) is 7. The monoisotopic (exact) mass is 412 g/mol. The number of rotatable bonds is 6. The van der Waals surface area contributed by atoms with E-state index >= 15 is 0 Å². The number of fused-ring (bicyclic) bond motifs is 1. The number of anilines is 1. The zero-order chi connectivity index (χ0) is 21.2. The number of benzene rings is 1. The molecule has 1 aromatic carbocycles. The normalized spacial score (nSPS) is 13.1. The van der Waals surface area contributed by atoms with Crippen LogP contribution < -0.4 is 11.1 Å². The molecule has 2 heterocycles. The Morgan fingerprint density at radius 3 is 2.55 bits per heavy atom. The molecule has 3 N–H and O–H groups in total. The standard InChI is InChI=1S/C21H24N4O3S/c1-5-21(3,20(27)28-4)25-18(26)16-12(2)15-17(22)23-14(24-19(15)29-16)11-13-9-7-6-8-10-13/h6-10H,5,11H2,1-4H3,(H,25,26)(H2,22,23,24)/t21-/m1/s1. The first-order chi connectivity index (χ1) is 13.8. The minimum absolute atomic E-state index is 0.347. The van der Waals surface area contributed by atoms with Crippen LogP contribution in [0.15, 0.2) is 30.3 Å². The van der Waals surface area contributed by atoms with E-state index in [0.717, 1.165) is 5.56 Å². The molecular weight excluding hydrogens is 388 g/mol. The molecule has 0 aliphatic carbocycles. The van der Waals surface area contributed by atoms with Crippen molar-refractivity contribution in [3.63, 3.8) is 0 Å². The number of aromatic nitrogens is 2. The van der Waals surface area contributed by atoms with Crippen LogP contribution in [0.3, 0.4) is 0 Å². The van der Waals surface area contributed by atoms with Crippen LogP contribution in [-0.2, 0) is 16.0 Å². The van der Waals surface area contributed by atoms with Crippen molar-refractivity contribution in [3.05, 3.63) is 52.2 Å². The number of nitrogens with one attached hydrogen (secondary N) is 1. The van der Waals surface area contributed by atoms with E-state index in [1.807, 2.05) is 44.2 Å². The average molecular weight is 413 g/mol. The molecule has 1 amide bonds. The molecule has 0 bridgehead atoms. The Morgan fingerprint density at radius 2 is 1.93 bits per heavy atom. The molecule has 0 fully saturated rings. The third-order valence-electron chi connectivity index (χ3n) is 5.01. The molecule has 7 nitrogen and oxygen atoms in total. The van der Waals surface area contributed by atoms with Gasteiger partial charge >= 0.3 is 5.97 Å². The first-order valence-corrected chi connectivity index (χ1v) is 10.1. The summed E-state index contributed by atoms with van der Waals surface area (Å²) in [6.07, 6.45) is 0.953. The molecule has 0 saturated heterocycles. The second-order valence-electron chi connectivity index (χ2n) is 7.06. The van der Waals surface area contributed by atoms with E-state index in [2.05, 4.69) is 15.3 Å². The Labute approximate surface area is 173 Å². The summed E-state index contributed by atoms with van der Waals surface area (Å²) in [7, 11) is 1.30. The molecule has 8 heteroatoms. The second-order valence-corrected chi connectivity index (χ2v) is 8.05. The summed E-state index contributed by atoms with van der Waals surface area (Å²) in [6, 6.07) is 9.87. The number of thiophene rings is 1. The number of carbonyl (C=O) groups is 2. The smallest absolute Gasteiger partial charge is 0.331 e. The summed E-state index contributed by atoms with van der Waals surface area (Å²) in [6.45, 7) is 5.27. The maximum Gasteiger partial charge on any atom is 0.331 e. The summed E-state index contributed by atoms with van der Waals surface area (Å²) in [5.41, 5.74) is 6.87. The van der Waals surface area contributed by atoms with Gasteiger partial charge in [0.1, 0.15) is 22.0 Å². The van der Waals surface area contributed by atoms with E-state index in [0.29, 0.717) is 45.1 Å². The maximum atomic E-state index is 12.9. The van der Waals surface area contributed by atoms with Gasteiger partial charge in [0.15, 0.2) is 0 Å². The highest BCUT2D eigenvalue weighted by atomic mass is 32.1. The summed E-state index contributed by atoms with van der Waals surface area (Å²) in [5, 5.41) is 3.47. The fourth-order valence-electron chi connectivity index (χ4n) is 3.11. The Balaban J connectivity index is 1.95. The lowest BCUT2D eigenvalue weighted by atomic mass is 9.99. The first-order valence-electron chi connectivity index (χ1n) is 9.29. The maximum absolute atomic E-state index is 12.9. The summed E-state index contributed by atoms with van der Waals surface area (Å²) in [5.74, 6) is 0.100. The van der Waals surface area contributed by atoms with Crippen molar-refractivity contribution < 1.29 is 14.3 Å². The molecular formula is C21H24N4O3S. The highest BCUT2D eigenvalue weighted by Gasteiger charge is 2.35. The molecule has 152 valence electrons. The van der Waals surface area contributed by atoms with Gasteiger partial charge in [-0.2, -0.15) is 0 Å². The zero-order valence-electron chi connectivity index (χ0n) is 16.9. The molecule has 0 aliphatic heterocycles. The van der Waals surface area contributed by atoms with Gasteiger partial charge in [-0.15, -0.1) is 11.3 Å². The van der Waals surface area contributed by atoms with Crippen LogP contribution in [0, 0.1) is 6.92 Å². The van der Waals surface area contributed by atoms with Crippen molar-refractivity contribution in [1.29, 1.82) is 0 Å². The Kier molecular flexibility index (Phi) is 5.83. The van der Waals surface area contributed by atoms with E-state index in [1.54, 1.807) is 6.92 Å². The van der Waals surface area contributed by atoms with Gasteiger partial charge in [0.05, 0.1) is 17.4 Å². The topological polar surface area (TPSA) is 107 Å². The Hall–Kier alpha value is -3.00. The minimum Gasteiger partial charge on any atom is -0.467 e. The van der Waals surface area contributed by atoms with Crippen molar-refractivity contribution in [2.24, 2.45) is 0 Å². The molecule has 0 saturated carbocycles. The molecule has 29 heavy (non-hydrogen) atoms. The minimum atomic E-state index is -1.11. The number of ether oxygens (including phenoxy) is 1. The van der Waals surface area contributed by atoms with Crippen LogP contribution in [0.5, 0.6) is 0 Å². The molecule has 0 unspecified atom stereocenters. The number of hydrogen-bond donors (Lipinski definition) is 2. The van der Waals surface area contributed by atoms with Gasteiger partial charge in [-0.05, 0) is 31.4 Å².